The van der Waals surface area contributed by atoms with Crippen molar-refractivity contribution in [3.63, 3.8) is 0 Å². The van der Waals surface area contributed by atoms with Gasteiger partial charge in [-0.2, -0.15) is 0 Å². The fourth-order valence-corrected chi connectivity index (χ4v) is 2.35. The fourth-order valence-electron chi connectivity index (χ4n) is 2.35. The molecule has 0 aromatic heterocycles. The molecule has 1 atom stereocenters. The molecule has 1 unspecified atom stereocenters. The summed E-state index contributed by atoms with van der Waals surface area (Å²) in [5, 5.41) is 0. The predicted molar refractivity (Wildman–Crippen MR) is 66.9 cm³/mol. The van der Waals surface area contributed by atoms with Gasteiger partial charge in [0, 0.05) is 5.92 Å². The maximum Gasteiger partial charge on any atom is 0.00730 e. The highest BCUT2D eigenvalue weighted by molar-refractivity contribution is 5.85. The van der Waals surface area contributed by atoms with Crippen LogP contribution in [0.25, 0.3) is 5.57 Å². The van der Waals surface area contributed by atoms with Crippen molar-refractivity contribution < 1.29 is 0 Å². The molecule has 0 heteroatoms. The van der Waals surface area contributed by atoms with Crippen LogP contribution >= 0.6 is 0 Å². The Labute approximate surface area is 91.6 Å². The molecule has 0 radical (unpaired) electrons. The summed E-state index contributed by atoms with van der Waals surface area (Å²) < 4.78 is 0. The lowest BCUT2D eigenvalue weighted by molar-refractivity contribution is 0.947. The van der Waals surface area contributed by atoms with E-state index in [9.17, 15) is 0 Å². The van der Waals surface area contributed by atoms with Crippen molar-refractivity contribution in [1.29, 1.82) is 0 Å². The van der Waals surface area contributed by atoms with Gasteiger partial charge in [-0.05, 0) is 29.2 Å². The van der Waals surface area contributed by atoms with E-state index in [1.807, 2.05) is 12.2 Å². The molecule has 0 amide bonds. The molecule has 0 aliphatic heterocycles. The Kier molecular flexibility index (Phi) is 2.36. The van der Waals surface area contributed by atoms with Gasteiger partial charge in [-0.1, -0.05) is 56.0 Å². The zero-order chi connectivity index (χ0) is 11.0. The second-order valence-electron chi connectivity index (χ2n) is 4.09. The van der Waals surface area contributed by atoms with Gasteiger partial charge in [-0.25, -0.2) is 0 Å². The second kappa shape index (κ2) is 3.54. The molecule has 0 heterocycles. The summed E-state index contributed by atoms with van der Waals surface area (Å²) in [6, 6.07) is 6.62. The van der Waals surface area contributed by atoms with Crippen molar-refractivity contribution in [2.75, 3.05) is 0 Å². The van der Waals surface area contributed by atoms with Gasteiger partial charge in [0.2, 0.25) is 0 Å². The summed E-state index contributed by atoms with van der Waals surface area (Å²) >= 11 is 0. The molecule has 0 nitrogen and oxygen atoms in total. The molecular formula is C15H16. The number of allylic oxidation sites excluding steroid dienone is 4. The maximum atomic E-state index is 3.90. The molecule has 1 aliphatic carbocycles. The van der Waals surface area contributed by atoms with Gasteiger partial charge < -0.3 is 0 Å². The normalized spacial score (nSPS) is 18.9. The molecule has 0 saturated heterocycles. The predicted octanol–water partition coefficient (Wildman–Crippen LogP) is 4.24. The van der Waals surface area contributed by atoms with Crippen LogP contribution in [-0.2, 0) is 0 Å². The Balaban J connectivity index is 2.70. The third-order valence-corrected chi connectivity index (χ3v) is 3.17. The Morgan fingerprint density at radius 2 is 1.93 bits per heavy atom. The summed E-state index contributed by atoms with van der Waals surface area (Å²) in [5.41, 5.74) is 6.56. The smallest absolute Gasteiger partial charge is 0.00730 e. The molecule has 15 heavy (non-hydrogen) atoms. The Bertz CT molecular complexity index is 461. The van der Waals surface area contributed by atoms with E-state index in [4.69, 9.17) is 0 Å². The Morgan fingerprint density at radius 3 is 2.53 bits per heavy atom. The monoisotopic (exact) mass is 196 g/mol. The van der Waals surface area contributed by atoms with E-state index in [0.29, 0.717) is 5.92 Å². The molecule has 0 N–H and O–H groups in total. The Morgan fingerprint density at radius 1 is 1.20 bits per heavy atom. The second-order valence-corrected chi connectivity index (χ2v) is 4.09. The number of benzene rings is 1. The van der Waals surface area contributed by atoms with Crippen molar-refractivity contribution in [3.8, 4) is 0 Å². The van der Waals surface area contributed by atoms with Gasteiger partial charge in [0.25, 0.3) is 0 Å². The van der Waals surface area contributed by atoms with Crippen molar-refractivity contribution in [1.82, 2.24) is 0 Å². The minimum absolute atomic E-state index is 0.450. The van der Waals surface area contributed by atoms with Crippen LogP contribution in [0.15, 0.2) is 49.1 Å². The quantitative estimate of drug-likeness (QED) is 0.663. The average Bonchev–Trinajstić information content (AvgIpc) is 2.50. The van der Waals surface area contributed by atoms with Crippen molar-refractivity contribution in [2.45, 2.75) is 19.8 Å². The summed E-state index contributed by atoms with van der Waals surface area (Å²) in [5.74, 6) is 0.450. The first kappa shape index (κ1) is 9.97. The van der Waals surface area contributed by atoms with E-state index in [0.717, 1.165) is 0 Å². The van der Waals surface area contributed by atoms with E-state index < -0.39 is 0 Å². The van der Waals surface area contributed by atoms with Crippen LogP contribution in [0.3, 0.4) is 0 Å². The highest BCUT2D eigenvalue weighted by atomic mass is 14.3. The van der Waals surface area contributed by atoms with Gasteiger partial charge in [-0.3, -0.25) is 0 Å². The van der Waals surface area contributed by atoms with Gasteiger partial charge in [-0.15, -0.1) is 0 Å². The largest absolute Gasteiger partial charge is 0.0987 e. The summed E-state index contributed by atoms with van der Waals surface area (Å²) in [4.78, 5) is 0. The molecule has 0 saturated carbocycles. The average molecular weight is 196 g/mol. The van der Waals surface area contributed by atoms with E-state index >= 15 is 0 Å². The van der Waals surface area contributed by atoms with Crippen LogP contribution in [-0.4, -0.2) is 0 Å². The van der Waals surface area contributed by atoms with Crippen molar-refractivity contribution >= 4 is 5.57 Å². The summed E-state index contributed by atoms with van der Waals surface area (Å²) in [6.07, 6.45) is 3.90. The third-order valence-electron chi connectivity index (χ3n) is 3.17. The maximum absolute atomic E-state index is 3.90. The summed E-state index contributed by atoms with van der Waals surface area (Å²) in [7, 11) is 0. The van der Waals surface area contributed by atoms with Crippen LogP contribution in [0.4, 0.5) is 0 Å². The number of hydrogen-bond acceptors (Lipinski definition) is 0. The lowest BCUT2D eigenvalue weighted by atomic mass is 9.97. The minimum Gasteiger partial charge on any atom is -0.0987 e. The van der Waals surface area contributed by atoms with Crippen LogP contribution in [0.1, 0.15) is 29.5 Å². The first-order chi connectivity index (χ1) is 7.19. The molecule has 0 spiro atoms. The van der Waals surface area contributed by atoms with E-state index in [1.165, 1.54) is 27.8 Å². The molecule has 0 bridgehead atoms. The minimum atomic E-state index is 0.450. The first-order valence-electron chi connectivity index (χ1n) is 5.29. The van der Waals surface area contributed by atoms with Crippen molar-refractivity contribution in [3.05, 3.63) is 65.8 Å². The number of aryl methyl sites for hydroxylation is 1. The SMILES string of the molecule is C=CC1=C(C=C)C(C)c2ccc(C)cc21. The number of hydrogen-bond donors (Lipinski definition) is 0. The molecule has 0 fully saturated rings. The fraction of sp³-hybridized carbons (Fsp3) is 0.200. The zero-order valence-corrected chi connectivity index (χ0v) is 9.38. The number of rotatable bonds is 2. The molecule has 1 aromatic rings. The summed E-state index contributed by atoms with van der Waals surface area (Å²) in [6.45, 7) is 12.1. The topological polar surface area (TPSA) is 0 Å². The zero-order valence-electron chi connectivity index (χ0n) is 9.38. The van der Waals surface area contributed by atoms with Crippen LogP contribution in [0.2, 0.25) is 0 Å². The molecular weight excluding hydrogens is 180 g/mol. The molecule has 1 aromatic carbocycles. The Hall–Kier alpha value is -1.56. The van der Waals surface area contributed by atoms with E-state index in [-0.39, 0.29) is 0 Å². The molecule has 2 rings (SSSR count). The van der Waals surface area contributed by atoms with Gasteiger partial charge in [0.15, 0.2) is 0 Å². The highest BCUT2D eigenvalue weighted by Gasteiger charge is 2.24. The van der Waals surface area contributed by atoms with Gasteiger partial charge in [0.1, 0.15) is 0 Å². The van der Waals surface area contributed by atoms with E-state index in [1.54, 1.807) is 0 Å². The molecule has 1 aliphatic rings. The standard InChI is InChI=1S/C15H16/c1-5-12-11(4)14-8-7-10(3)9-15(14)13(12)6-2/h5-9,11H,1-2H2,3-4H3. The lowest BCUT2D eigenvalue weighted by Crippen LogP contribution is -1.90. The van der Waals surface area contributed by atoms with Gasteiger partial charge in [0.05, 0.1) is 0 Å². The number of fused-ring (bicyclic) bond motifs is 1. The van der Waals surface area contributed by atoms with E-state index in [2.05, 4.69) is 45.2 Å². The lowest BCUT2D eigenvalue weighted by Gasteiger charge is -2.07. The van der Waals surface area contributed by atoms with Crippen molar-refractivity contribution in [2.24, 2.45) is 0 Å². The molecule has 76 valence electrons. The third kappa shape index (κ3) is 1.37. The highest BCUT2D eigenvalue weighted by Crippen LogP contribution is 2.42. The van der Waals surface area contributed by atoms with Crippen LogP contribution in [0.5, 0.6) is 0 Å². The first-order valence-corrected chi connectivity index (χ1v) is 5.29. The van der Waals surface area contributed by atoms with Gasteiger partial charge >= 0.3 is 0 Å². The van der Waals surface area contributed by atoms with Crippen LogP contribution < -0.4 is 0 Å². The van der Waals surface area contributed by atoms with Crippen LogP contribution in [0, 0.1) is 6.92 Å².